The topological polar surface area (TPSA) is 15.6 Å². The molecule has 2 nitrogen and oxygen atoms in total. The van der Waals surface area contributed by atoms with Crippen LogP contribution in [-0.2, 0) is 0 Å². The summed E-state index contributed by atoms with van der Waals surface area (Å²) in [7, 11) is 1.88. The second-order valence-electron chi connectivity index (χ2n) is 1.97. The molecule has 1 rings (SSSR count). The van der Waals surface area contributed by atoms with Crippen molar-refractivity contribution in [1.29, 1.82) is 0 Å². The van der Waals surface area contributed by atoms with Gasteiger partial charge in [0.2, 0.25) is 0 Å². The Labute approximate surface area is 55.2 Å². The molecular weight excluding hydrogens is 112 g/mol. The summed E-state index contributed by atoms with van der Waals surface area (Å²) in [4.78, 5) is 0. The molecule has 0 fully saturated rings. The van der Waals surface area contributed by atoms with Gasteiger partial charge < -0.3 is 0 Å². The molecule has 0 saturated heterocycles. The monoisotopic (exact) mass is 122 g/mol. The molecule has 0 amide bonds. The van der Waals surface area contributed by atoms with E-state index < -0.39 is 0 Å². The standard InChI is InChI=1S/C7H10N2/c1-3-7-4-5-9(2)8-6-7/h5-6H,3H2,1-2H3. The highest BCUT2D eigenvalue weighted by Crippen LogP contribution is 1.99. The average Bonchev–Trinajstić information content (AvgIpc) is 1.90. The van der Waals surface area contributed by atoms with Gasteiger partial charge in [-0.15, -0.1) is 0 Å². The summed E-state index contributed by atoms with van der Waals surface area (Å²) in [5, 5.41) is 5.77. The fourth-order valence-corrected chi connectivity index (χ4v) is 0.601. The van der Waals surface area contributed by atoms with Crippen LogP contribution in [0.25, 0.3) is 0 Å². The van der Waals surface area contributed by atoms with Gasteiger partial charge >= 0.3 is 0 Å². The highest BCUT2D eigenvalue weighted by Gasteiger charge is 1.92. The summed E-state index contributed by atoms with van der Waals surface area (Å²) in [6.07, 6.45) is 4.67. The van der Waals surface area contributed by atoms with Gasteiger partial charge in [0.1, 0.15) is 0 Å². The third kappa shape index (κ3) is 1.44. The van der Waals surface area contributed by atoms with Crippen molar-refractivity contribution >= 4 is 6.21 Å². The van der Waals surface area contributed by atoms with Gasteiger partial charge in [0.05, 0.1) is 12.4 Å². The molecule has 0 radical (unpaired) electrons. The SMILES string of the molecule is CCC1=C=CN(C)N=C1. The zero-order valence-electron chi connectivity index (χ0n) is 5.76. The molecule has 9 heavy (non-hydrogen) atoms. The van der Waals surface area contributed by atoms with Gasteiger partial charge in [-0.05, 0) is 6.42 Å². The second-order valence-corrected chi connectivity index (χ2v) is 1.97. The minimum Gasteiger partial charge on any atom is -0.268 e. The largest absolute Gasteiger partial charge is 0.268 e. The average molecular weight is 122 g/mol. The third-order valence-electron chi connectivity index (χ3n) is 1.21. The van der Waals surface area contributed by atoms with Crippen molar-refractivity contribution in [3.05, 3.63) is 17.5 Å². The maximum atomic E-state index is 4.04. The van der Waals surface area contributed by atoms with Crippen LogP contribution in [0.2, 0.25) is 0 Å². The first-order chi connectivity index (χ1) is 4.33. The second kappa shape index (κ2) is 2.51. The Kier molecular flexibility index (Phi) is 1.71. The first-order valence-corrected chi connectivity index (χ1v) is 3.05. The molecule has 48 valence electrons. The van der Waals surface area contributed by atoms with Crippen molar-refractivity contribution in [2.45, 2.75) is 13.3 Å². The molecule has 1 heterocycles. The summed E-state index contributed by atoms with van der Waals surface area (Å²) in [5.74, 6) is 0. The molecule has 0 saturated carbocycles. The van der Waals surface area contributed by atoms with Gasteiger partial charge in [0, 0.05) is 12.6 Å². The van der Waals surface area contributed by atoms with E-state index in [0.29, 0.717) is 0 Å². The van der Waals surface area contributed by atoms with E-state index in [1.165, 1.54) is 0 Å². The number of hydrogen-bond donors (Lipinski definition) is 0. The lowest BCUT2D eigenvalue weighted by Crippen LogP contribution is -2.04. The summed E-state index contributed by atoms with van der Waals surface area (Å²) in [6.45, 7) is 2.09. The molecule has 0 aliphatic carbocycles. The van der Waals surface area contributed by atoms with Crippen molar-refractivity contribution in [3.8, 4) is 0 Å². The van der Waals surface area contributed by atoms with Crippen molar-refractivity contribution in [2.24, 2.45) is 5.10 Å². The van der Waals surface area contributed by atoms with Crippen LogP contribution in [0.3, 0.4) is 0 Å². The Morgan fingerprint density at radius 2 is 2.56 bits per heavy atom. The van der Waals surface area contributed by atoms with E-state index in [1.54, 1.807) is 5.01 Å². The Bertz CT molecular complexity index is 185. The van der Waals surface area contributed by atoms with Gasteiger partial charge in [0.25, 0.3) is 0 Å². The lowest BCUT2D eigenvalue weighted by atomic mass is 10.2. The van der Waals surface area contributed by atoms with Crippen molar-refractivity contribution < 1.29 is 0 Å². The summed E-state index contributed by atoms with van der Waals surface area (Å²) >= 11 is 0. The van der Waals surface area contributed by atoms with Crippen molar-refractivity contribution in [1.82, 2.24) is 5.01 Å². The van der Waals surface area contributed by atoms with Crippen LogP contribution in [0.1, 0.15) is 13.3 Å². The highest BCUT2D eigenvalue weighted by atomic mass is 15.4. The van der Waals surface area contributed by atoms with Crippen LogP contribution in [0.15, 0.2) is 22.6 Å². The normalized spacial score (nSPS) is 16.2. The van der Waals surface area contributed by atoms with Crippen molar-refractivity contribution in [3.63, 3.8) is 0 Å². The van der Waals surface area contributed by atoms with E-state index in [-0.39, 0.29) is 0 Å². The van der Waals surface area contributed by atoms with Crippen molar-refractivity contribution in [2.75, 3.05) is 7.05 Å². The number of hydrazone groups is 1. The summed E-state index contributed by atoms with van der Waals surface area (Å²) in [5.41, 5.74) is 4.25. The summed E-state index contributed by atoms with van der Waals surface area (Å²) < 4.78 is 0. The predicted octanol–water partition coefficient (Wildman–Crippen LogP) is 1.37. The van der Waals surface area contributed by atoms with E-state index in [1.807, 2.05) is 19.5 Å². The predicted molar refractivity (Wildman–Crippen MR) is 38.1 cm³/mol. The number of rotatable bonds is 1. The molecule has 1 aliphatic rings. The third-order valence-corrected chi connectivity index (χ3v) is 1.21. The van der Waals surface area contributed by atoms with E-state index in [4.69, 9.17) is 0 Å². The maximum absolute atomic E-state index is 4.04. The van der Waals surface area contributed by atoms with Crippen LogP contribution < -0.4 is 0 Å². The van der Waals surface area contributed by atoms with Gasteiger partial charge in [-0.3, -0.25) is 5.01 Å². The Morgan fingerprint density at radius 3 is 3.00 bits per heavy atom. The van der Waals surface area contributed by atoms with E-state index in [9.17, 15) is 0 Å². The number of allylic oxidation sites excluding steroid dienone is 1. The smallest absolute Gasteiger partial charge is 0.0650 e. The van der Waals surface area contributed by atoms with Gasteiger partial charge in [-0.25, -0.2) is 0 Å². The minimum atomic E-state index is 1.01. The molecule has 0 atom stereocenters. The highest BCUT2D eigenvalue weighted by molar-refractivity contribution is 5.78. The fourth-order valence-electron chi connectivity index (χ4n) is 0.601. The van der Waals surface area contributed by atoms with Crippen LogP contribution in [0.4, 0.5) is 0 Å². The molecule has 0 spiro atoms. The van der Waals surface area contributed by atoms with Crippen LogP contribution in [0.5, 0.6) is 0 Å². The quantitative estimate of drug-likeness (QED) is 0.479. The number of hydrogen-bond acceptors (Lipinski definition) is 2. The van der Waals surface area contributed by atoms with Crippen LogP contribution in [-0.4, -0.2) is 18.3 Å². The maximum Gasteiger partial charge on any atom is 0.0650 e. The Hall–Kier alpha value is -1.01. The molecule has 0 unspecified atom stereocenters. The molecule has 0 bridgehead atoms. The van der Waals surface area contributed by atoms with E-state index in [2.05, 4.69) is 17.8 Å². The fraction of sp³-hybridized carbons (Fsp3) is 0.429. The Morgan fingerprint density at radius 1 is 1.78 bits per heavy atom. The molecule has 0 aromatic rings. The first kappa shape index (κ1) is 6.12. The zero-order valence-corrected chi connectivity index (χ0v) is 5.76. The molecule has 2 heteroatoms. The van der Waals surface area contributed by atoms with Crippen LogP contribution >= 0.6 is 0 Å². The van der Waals surface area contributed by atoms with Crippen LogP contribution in [0, 0.1) is 0 Å². The Balaban J connectivity index is 2.77. The summed E-state index contributed by atoms with van der Waals surface area (Å²) in [6, 6.07) is 0. The van der Waals surface area contributed by atoms with Gasteiger partial charge in [-0.1, -0.05) is 12.7 Å². The van der Waals surface area contributed by atoms with Gasteiger partial charge in [0.15, 0.2) is 0 Å². The van der Waals surface area contributed by atoms with E-state index in [0.717, 1.165) is 12.0 Å². The molecular formula is C7H10N2. The molecule has 1 aliphatic heterocycles. The molecule has 0 aromatic heterocycles. The zero-order chi connectivity index (χ0) is 6.69. The minimum absolute atomic E-state index is 1.01. The number of nitrogens with zero attached hydrogens (tertiary/aromatic N) is 2. The van der Waals surface area contributed by atoms with Gasteiger partial charge in [-0.2, -0.15) is 5.10 Å². The van der Waals surface area contributed by atoms with E-state index >= 15 is 0 Å². The molecule has 0 N–H and O–H groups in total. The lowest BCUT2D eigenvalue weighted by molar-refractivity contribution is 0.490. The molecule has 0 aromatic carbocycles. The first-order valence-electron chi connectivity index (χ1n) is 3.05. The lowest BCUT2D eigenvalue weighted by Gasteiger charge is -2.07.